The van der Waals surface area contributed by atoms with Crippen LogP contribution in [0.3, 0.4) is 0 Å². The Morgan fingerprint density at radius 2 is 1.95 bits per heavy atom. The van der Waals surface area contributed by atoms with E-state index in [9.17, 15) is 0 Å². The Bertz CT molecular complexity index is 471. The first-order valence-electron chi connectivity index (χ1n) is 7.64. The smallest absolute Gasteiger partial charge is 0.138 e. The van der Waals surface area contributed by atoms with Crippen LogP contribution in [-0.2, 0) is 4.74 Å². The van der Waals surface area contributed by atoms with E-state index in [-0.39, 0.29) is 6.10 Å². The van der Waals surface area contributed by atoms with E-state index in [1.54, 1.807) is 6.07 Å². The Balaban J connectivity index is 1.77. The van der Waals surface area contributed by atoms with Crippen LogP contribution in [0.25, 0.3) is 0 Å². The van der Waals surface area contributed by atoms with E-state index in [1.165, 1.54) is 0 Å². The maximum Gasteiger partial charge on any atom is 0.138 e. The van der Waals surface area contributed by atoms with Crippen molar-refractivity contribution < 1.29 is 9.47 Å². The summed E-state index contributed by atoms with van der Waals surface area (Å²) in [6.07, 6.45) is 3.48. The topological polar surface area (TPSA) is 30.5 Å². The number of nitrogens with one attached hydrogen (secondary N) is 1. The Labute approximate surface area is 135 Å². The zero-order valence-electron chi connectivity index (χ0n) is 12.0. The number of hydrogen-bond donors (Lipinski definition) is 1. The maximum absolute atomic E-state index is 6.34. The summed E-state index contributed by atoms with van der Waals surface area (Å²) < 4.78 is 11.8. The summed E-state index contributed by atoms with van der Waals surface area (Å²) in [6.45, 7) is 3.76. The molecule has 1 unspecified atom stereocenters. The fourth-order valence-corrected chi connectivity index (χ4v) is 3.75. The Kier molecular flexibility index (Phi) is 5.28. The maximum atomic E-state index is 6.34. The van der Waals surface area contributed by atoms with Gasteiger partial charge < -0.3 is 14.8 Å². The van der Waals surface area contributed by atoms with Gasteiger partial charge in [-0.15, -0.1) is 0 Å². The van der Waals surface area contributed by atoms with Crippen LogP contribution in [0.5, 0.6) is 5.75 Å². The van der Waals surface area contributed by atoms with E-state index >= 15 is 0 Å². The van der Waals surface area contributed by atoms with Gasteiger partial charge in [-0.1, -0.05) is 23.2 Å². The fraction of sp³-hybridized carbons (Fsp3) is 0.625. The van der Waals surface area contributed by atoms with Crippen molar-refractivity contribution in [3.05, 3.63) is 28.2 Å². The third kappa shape index (κ3) is 3.84. The predicted octanol–water partition coefficient (Wildman–Crippen LogP) is 3.78. The van der Waals surface area contributed by atoms with Gasteiger partial charge in [0, 0.05) is 36.6 Å². The largest absolute Gasteiger partial charge is 0.488 e. The lowest BCUT2D eigenvalue weighted by molar-refractivity contribution is -0.00129. The second-order valence-electron chi connectivity index (χ2n) is 5.86. The predicted molar refractivity (Wildman–Crippen MR) is 85.4 cm³/mol. The molecule has 3 rings (SSSR count). The minimum absolute atomic E-state index is 0.197. The summed E-state index contributed by atoms with van der Waals surface area (Å²) in [6, 6.07) is 5.45. The number of halogens is 2. The van der Waals surface area contributed by atoms with Gasteiger partial charge in [-0.2, -0.15) is 0 Å². The molecule has 0 radical (unpaired) electrons. The first kappa shape index (κ1) is 15.4. The summed E-state index contributed by atoms with van der Waals surface area (Å²) >= 11 is 12.2. The van der Waals surface area contributed by atoms with Crippen LogP contribution < -0.4 is 10.1 Å². The van der Waals surface area contributed by atoms with E-state index < -0.39 is 0 Å². The van der Waals surface area contributed by atoms with Crippen LogP contribution in [0.1, 0.15) is 19.3 Å². The lowest BCUT2D eigenvalue weighted by atomic mass is 9.85. The Morgan fingerprint density at radius 1 is 1.14 bits per heavy atom. The van der Waals surface area contributed by atoms with Gasteiger partial charge in [-0.3, -0.25) is 0 Å². The molecule has 0 spiro atoms. The van der Waals surface area contributed by atoms with E-state index in [2.05, 4.69) is 5.32 Å². The van der Waals surface area contributed by atoms with Gasteiger partial charge in [-0.05, 0) is 44.0 Å². The van der Waals surface area contributed by atoms with E-state index in [0.717, 1.165) is 51.3 Å². The molecule has 21 heavy (non-hydrogen) atoms. The number of rotatable bonds is 4. The molecule has 0 amide bonds. The molecule has 2 fully saturated rings. The second-order valence-corrected chi connectivity index (χ2v) is 6.70. The average Bonchev–Trinajstić information content (AvgIpc) is 3.01. The highest BCUT2D eigenvalue weighted by molar-refractivity contribution is 6.35. The monoisotopic (exact) mass is 329 g/mol. The summed E-state index contributed by atoms with van der Waals surface area (Å²) in [5.74, 6) is 1.82. The Hall–Kier alpha value is -0.480. The van der Waals surface area contributed by atoms with Gasteiger partial charge in [0.15, 0.2) is 0 Å². The van der Waals surface area contributed by atoms with Crippen molar-refractivity contribution in [2.24, 2.45) is 11.8 Å². The molecular formula is C16H21Cl2NO2. The van der Waals surface area contributed by atoms with Crippen molar-refractivity contribution in [2.75, 3.05) is 26.3 Å². The molecule has 1 aromatic rings. The van der Waals surface area contributed by atoms with Crippen molar-refractivity contribution >= 4 is 23.2 Å². The molecule has 2 aliphatic heterocycles. The highest BCUT2D eigenvalue weighted by Crippen LogP contribution is 2.34. The quantitative estimate of drug-likeness (QED) is 0.911. The number of benzene rings is 1. The van der Waals surface area contributed by atoms with E-state index in [4.69, 9.17) is 32.7 Å². The highest BCUT2D eigenvalue weighted by Gasteiger charge is 2.34. The summed E-state index contributed by atoms with van der Waals surface area (Å²) in [7, 11) is 0. The first-order valence-corrected chi connectivity index (χ1v) is 8.40. The van der Waals surface area contributed by atoms with Gasteiger partial charge in [0.1, 0.15) is 11.9 Å². The van der Waals surface area contributed by atoms with Crippen molar-refractivity contribution in [2.45, 2.75) is 25.4 Å². The minimum atomic E-state index is 0.197. The SMILES string of the molecule is Clc1ccc(O[C@@H](C2CCOCC2)C2CCNC2)c(Cl)c1. The normalized spacial score (nSPS) is 25.0. The van der Waals surface area contributed by atoms with Gasteiger partial charge in [0.05, 0.1) is 5.02 Å². The average molecular weight is 330 g/mol. The van der Waals surface area contributed by atoms with E-state index in [0.29, 0.717) is 21.9 Å². The number of ether oxygens (including phenoxy) is 2. The third-order valence-electron chi connectivity index (χ3n) is 4.45. The highest BCUT2D eigenvalue weighted by atomic mass is 35.5. The first-order chi connectivity index (χ1) is 10.2. The standard InChI is InChI=1S/C16H21Cl2NO2/c17-13-1-2-15(14(18)9-13)21-16(12-3-6-19-10-12)11-4-7-20-8-5-11/h1-2,9,11-12,16,19H,3-8,10H2/t12?,16-/m0/s1. The molecule has 1 aromatic carbocycles. The molecule has 3 nitrogen and oxygen atoms in total. The molecule has 2 aliphatic rings. The van der Waals surface area contributed by atoms with Crippen LogP contribution in [0.15, 0.2) is 18.2 Å². The van der Waals surface area contributed by atoms with Crippen LogP contribution in [-0.4, -0.2) is 32.4 Å². The van der Waals surface area contributed by atoms with E-state index in [1.807, 2.05) is 12.1 Å². The van der Waals surface area contributed by atoms with Gasteiger partial charge in [-0.25, -0.2) is 0 Å². The number of hydrogen-bond acceptors (Lipinski definition) is 3. The molecule has 0 aromatic heterocycles. The molecule has 2 atom stereocenters. The fourth-order valence-electron chi connectivity index (χ4n) is 3.30. The Morgan fingerprint density at radius 3 is 2.62 bits per heavy atom. The van der Waals surface area contributed by atoms with Crippen LogP contribution >= 0.6 is 23.2 Å². The zero-order chi connectivity index (χ0) is 14.7. The molecule has 1 N–H and O–H groups in total. The third-order valence-corrected chi connectivity index (χ3v) is 4.98. The molecule has 0 bridgehead atoms. The van der Waals surface area contributed by atoms with Crippen molar-refractivity contribution in [1.82, 2.24) is 5.32 Å². The van der Waals surface area contributed by atoms with Crippen molar-refractivity contribution in [3.63, 3.8) is 0 Å². The summed E-state index contributed by atoms with van der Waals surface area (Å²) in [4.78, 5) is 0. The molecular weight excluding hydrogens is 309 g/mol. The van der Waals surface area contributed by atoms with Gasteiger partial charge in [0.25, 0.3) is 0 Å². The summed E-state index contributed by atoms with van der Waals surface area (Å²) in [5, 5.41) is 4.66. The molecule has 2 heterocycles. The molecule has 116 valence electrons. The lowest BCUT2D eigenvalue weighted by Gasteiger charge is -2.34. The molecule has 0 aliphatic carbocycles. The minimum Gasteiger partial charge on any atom is -0.488 e. The molecule has 0 saturated carbocycles. The van der Waals surface area contributed by atoms with Gasteiger partial charge in [0.2, 0.25) is 0 Å². The summed E-state index contributed by atoms with van der Waals surface area (Å²) in [5.41, 5.74) is 0. The van der Waals surface area contributed by atoms with Gasteiger partial charge >= 0.3 is 0 Å². The second kappa shape index (κ2) is 7.19. The molecule has 5 heteroatoms. The lowest BCUT2D eigenvalue weighted by Crippen LogP contribution is -2.39. The van der Waals surface area contributed by atoms with Crippen molar-refractivity contribution in [1.29, 1.82) is 0 Å². The van der Waals surface area contributed by atoms with Crippen LogP contribution in [0, 0.1) is 11.8 Å². The van der Waals surface area contributed by atoms with Crippen LogP contribution in [0.4, 0.5) is 0 Å². The molecule has 2 saturated heterocycles. The zero-order valence-corrected chi connectivity index (χ0v) is 13.5. The van der Waals surface area contributed by atoms with Crippen LogP contribution in [0.2, 0.25) is 10.0 Å². The van der Waals surface area contributed by atoms with Crippen molar-refractivity contribution in [3.8, 4) is 5.75 Å².